The maximum absolute atomic E-state index is 6.03. The van der Waals surface area contributed by atoms with Crippen LogP contribution in [-0.2, 0) is 0 Å². The molecule has 114 valence electrons. The van der Waals surface area contributed by atoms with Gasteiger partial charge >= 0.3 is 0 Å². The maximum Gasteiger partial charge on any atom is 0.0931 e. The van der Waals surface area contributed by atoms with Gasteiger partial charge in [0.1, 0.15) is 0 Å². The van der Waals surface area contributed by atoms with E-state index in [1.165, 1.54) is 31.2 Å². The van der Waals surface area contributed by atoms with E-state index >= 15 is 0 Å². The minimum absolute atomic E-state index is 0.311. The molecular formula is C16H27ClN2S. The third-order valence-electron chi connectivity index (χ3n) is 4.84. The van der Waals surface area contributed by atoms with Gasteiger partial charge in [0.05, 0.1) is 4.34 Å². The van der Waals surface area contributed by atoms with Gasteiger partial charge in [-0.2, -0.15) is 0 Å². The fourth-order valence-corrected chi connectivity index (χ4v) is 4.35. The molecule has 3 atom stereocenters. The summed E-state index contributed by atoms with van der Waals surface area (Å²) in [5, 5.41) is 5.89. The lowest BCUT2D eigenvalue weighted by atomic mass is 9.75. The van der Waals surface area contributed by atoms with Crippen LogP contribution in [0.15, 0.2) is 11.4 Å². The summed E-state index contributed by atoms with van der Waals surface area (Å²) in [5.41, 5.74) is 1.61. The lowest BCUT2D eigenvalue weighted by Gasteiger charge is -2.46. The van der Waals surface area contributed by atoms with Crippen LogP contribution in [0.1, 0.15) is 51.1 Å². The van der Waals surface area contributed by atoms with Crippen LogP contribution in [0, 0.1) is 5.92 Å². The molecule has 4 heteroatoms. The van der Waals surface area contributed by atoms with Gasteiger partial charge in [0.25, 0.3) is 0 Å². The SMILES string of the molecule is CC1CCCC(CNC(C)c2csc(Cl)c2)(N(C)C)C1. The highest BCUT2D eigenvalue weighted by atomic mass is 35.5. The van der Waals surface area contributed by atoms with Crippen LogP contribution in [0.5, 0.6) is 0 Å². The number of nitrogens with one attached hydrogen (secondary N) is 1. The third-order valence-corrected chi connectivity index (χ3v) is 5.95. The average molecular weight is 315 g/mol. The molecule has 0 spiro atoms. The predicted octanol–water partition coefficient (Wildman–Crippen LogP) is 4.56. The Labute approximate surface area is 132 Å². The smallest absolute Gasteiger partial charge is 0.0931 e. The van der Waals surface area contributed by atoms with E-state index in [0.29, 0.717) is 11.6 Å². The van der Waals surface area contributed by atoms with E-state index in [9.17, 15) is 0 Å². The molecular weight excluding hydrogens is 288 g/mol. The van der Waals surface area contributed by atoms with Crippen LogP contribution in [-0.4, -0.2) is 31.1 Å². The van der Waals surface area contributed by atoms with Crippen molar-refractivity contribution < 1.29 is 0 Å². The Bertz CT molecular complexity index is 432. The van der Waals surface area contributed by atoms with Gasteiger partial charge in [-0.1, -0.05) is 31.4 Å². The quantitative estimate of drug-likeness (QED) is 0.857. The zero-order chi connectivity index (χ0) is 14.8. The van der Waals surface area contributed by atoms with Crippen LogP contribution in [0.25, 0.3) is 0 Å². The van der Waals surface area contributed by atoms with E-state index in [1.54, 1.807) is 11.3 Å². The number of hydrogen-bond donors (Lipinski definition) is 1. The van der Waals surface area contributed by atoms with Crippen molar-refractivity contribution in [3.05, 3.63) is 21.3 Å². The van der Waals surface area contributed by atoms with Crippen LogP contribution >= 0.6 is 22.9 Å². The number of halogens is 1. The minimum Gasteiger partial charge on any atom is -0.308 e. The summed E-state index contributed by atoms with van der Waals surface area (Å²) in [6, 6.07) is 2.45. The summed E-state index contributed by atoms with van der Waals surface area (Å²) < 4.78 is 0.877. The van der Waals surface area contributed by atoms with E-state index in [-0.39, 0.29) is 0 Å². The zero-order valence-corrected chi connectivity index (χ0v) is 14.7. The summed E-state index contributed by atoms with van der Waals surface area (Å²) in [5.74, 6) is 0.832. The van der Waals surface area contributed by atoms with Crippen molar-refractivity contribution in [1.29, 1.82) is 0 Å². The first-order valence-corrected chi connectivity index (χ1v) is 8.83. The molecule has 20 heavy (non-hydrogen) atoms. The topological polar surface area (TPSA) is 15.3 Å². The molecule has 1 saturated carbocycles. The number of thiophene rings is 1. The molecule has 2 nitrogen and oxygen atoms in total. The Morgan fingerprint density at radius 1 is 1.55 bits per heavy atom. The molecule has 2 rings (SSSR count). The van der Waals surface area contributed by atoms with Crippen molar-refractivity contribution in [3.63, 3.8) is 0 Å². The Morgan fingerprint density at radius 3 is 2.85 bits per heavy atom. The summed E-state index contributed by atoms with van der Waals surface area (Å²) in [4.78, 5) is 2.43. The molecule has 1 aromatic rings. The molecule has 0 bridgehead atoms. The standard InChI is InChI=1S/C16H27ClN2S/c1-12-6-5-7-16(9-12,19(3)4)11-18-13(2)14-8-15(17)20-10-14/h8,10,12-13,18H,5-7,9,11H2,1-4H3. The molecule has 1 N–H and O–H groups in total. The second kappa shape index (κ2) is 6.78. The molecule has 1 aliphatic rings. The van der Waals surface area contributed by atoms with E-state index in [1.807, 2.05) is 0 Å². The second-order valence-electron chi connectivity index (χ2n) is 6.61. The molecule has 0 aliphatic heterocycles. The van der Waals surface area contributed by atoms with Crippen molar-refractivity contribution in [1.82, 2.24) is 10.2 Å². The number of hydrogen-bond acceptors (Lipinski definition) is 3. The summed E-state index contributed by atoms with van der Waals surface area (Å²) in [6.07, 6.45) is 5.32. The third kappa shape index (κ3) is 3.76. The first kappa shape index (κ1) is 16.3. The molecule has 3 unspecified atom stereocenters. The van der Waals surface area contributed by atoms with Gasteiger partial charge < -0.3 is 10.2 Å². The van der Waals surface area contributed by atoms with Crippen LogP contribution in [0.3, 0.4) is 0 Å². The second-order valence-corrected chi connectivity index (χ2v) is 8.15. The molecule has 1 fully saturated rings. The highest BCUT2D eigenvalue weighted by Crippen LogP contribution is 2.35. The van der Waals surface area contributed by atoms with Gasteiger partial charge in [0, 0.05) is 18.1 Å². The van der Waals surface area contributed by atoms with Crippen molar-refractivity contribution in [2.75, 3.05) is 20.6 Å². The number of nitrogens with zero attached hydrogens (tertiary/aromatic N) is 1. The summed E-state index contributed by atoms with van der Waals surface area (Å²) >= 11 is 7.65. The van der Waals surface area contributed by atoms with Crippen molar-refractivity contribution in [3.8, 4) is 0 Å². The number of likely N-dealkylation sites (N-methyl/N-ethyl adjacent to an activating group) is 1. The molecule has 1 aliphatic carbocycles. The maximum atomic E-state index is 6.03. The van der Waals surface area contributed by atoms with Gasteiger partial charge in [-0.05, 0) is 56.8 Å². The molecule has 1 aromatic heterocycles. The van der Waals surface area contributed by atoms with E-state index in [2.05, 4.69) is 49.6 Å². The van der Waals surface area contributed by atoms with E-state index < -0.39 is 0 Å². The van der Waals surface area contributed by atoms with Gasteiger partial charge in [0.2, 0.25) is 0 Å². The molecule has 0 saturated heterocycles. The Hall–Kier alpha value is -0.0900. The first-order chi connectivity index (χ1) is 9.43. The van der Waals surface area contributed by atoms with Gasteiger partial charge in [0.15, 0.2) is 0 Å². The zero-order valence-electron chi connectivity index (χ0n) is 13.1. The lowest BCUT2D eigenvalue weighted by Crippen LogP contribution is -2.54. The van der Waals surface area contributed by atoms with Crippen molar-refractivity contribution in [2.45, 2.75) is 51.1 Å². The highest BCUT2D eigenvalue weighted by molar-refractivity contribution is 7.14. The monoisotopic (exact) mass is 314 g/mol. The molecule has 0 radical (unpaired) electrons. The molecule has 1 heterocycles. The Kier molecular flexibility index (Phi) is 5.52. The predicted molar refractivity (Wildman–Crippen MR) is 89.8 cm³/mol. The first-order valence-electron chi connectivity index (χ1n) is 7.58. The highest BCUT2D eigenvalue weighted by Gasteiger charge is 2.36. The van der Waals surface area contributed by atoms with Gasteiger partial charge in [-0.15, -0.1) is 11.3 Å². The van der Waals surface area contributed by atoms with Gasteiger partial charge in [-0.25, -0.2) is 0 Å². The van der Waals surface area contributed by atoms with Gasteiger partial charge in [-0.3, -0.25) is 0 Å². The lowest BCUT2D eigenvalue weighted by molar-refractivity contribution is 0.0728. The van der Waals surface area contributed by atoms with Crippen molar-refractivity contribution >= 4 is 22.9 Å². The normalized spacial score (nSPS) is 28.8. The summed E-state index contributed by atoms with van der Waals surface area (Å²) in [7, 11) is 4.46. The molecule has 0 amide bonds. The van der Waals surface area contributed by atoms with Crippen LogP contribution in [0.4, 0.5) is 0 Å². The Morgan fingerprint density at radius 2 is 2.30 bits per heavy atom. The average Bonchev–Trinajstić information content (AvgIpc) is 2.82. The minimum atomic E-state index is 0.311. The number of rotatable bonds is 5. The fourth-order valence-electron chi connectivity index (χ4n) is 3.37. The Balaban J connectivity index is 1.98. The van der Waals surface area contributed by atoms with Crippen molar-refractivity contribution in [2.24, 2.45) is 5.92 Å². The van der Waals surface area contributed by atoms with E-state index in [4.69, 9.17) is 11.6 Å². The van der Waals surface area contributed by atoms with E-state index in [0.717, 1.165) is 16.8 Å². The van der Waals surface area contributed by atoms with Crippen LogP contribution < -0.4 is 5.32 Å². The fraction of sp³-hybridized carbons (Fsp3) is 0.750. The van der Waals surface area contributed by atoms with Crippen LogP contribution in [0.2, 0.25) is 4.34 Å². The largest absolute Gasteiger partial charge is 0.308 e. The molecule has 0 aromatic carbocycles. The summed E-state index contributed by atoms with van der Waals surface area (Å²) in [6.45, 7) is 5.67.